The summed E-state index contributed by atoms with van der Waals surface area (Å²) in [6.45, 7) is 11.9. The van der Waals surface area contributed by atoms with Gasteiger partial charge in [-0.05, 0) is 65.7 Å². The number of hydrogen-bond acceptors (Lipinski definition) is 2. The normalized spacial score (nSPS) is 12.6. The first-order chi connectivity index (χ1) is 10.9. The standard InChI is InChI=1S/C18H27N3O3/c1-12-7-8-13-14(11-12)21(15(22)19-13)18(5,6)9-10-20(16(23)24)17(2,3)4/h7-8,11H,9-10H2,1-6H3,(H,19,22)(H,23,24). The van der Waals surface area contributed by atoms with Crippen molar-refractivity contribution in [2.75, 3.05) is 6.54 Å². The number of benzene rings is 1. The van der Waals surface area contributed by atoms with Gasteiger partial charge in [0.1, 0.15) is 0 Å². The summed E-state index contributed by atoms with van der Waals surface area (Å²) in [4.78, 5) is 28.3. The number of carbonyl (C=O) groups is 1. The molecule has 6 nitrogen and oxygen atoms in total. The zero-order valence-corrected chi connectivity index (χ0v) is 15.3. The molecular weight excluding hydrogens is 306 g/mol. The molecule has 0 saturated heterocycles. The number of carboxylic acid groups (broad SMARTS) is 1. The lowest BCUT2D eigenvalue weighted by atomic mass is 9.97. The summed E-state index contributed by atoms with van der Waals surface area (Å²) >= 11 is 0. The number of aromatic nitrogens is 2. The Bertz CT molecular complexity index is 809. The van der Waals surface area contributed by atoms with Gasteiger partial charge >= 0.3 is 11.8 Å². The van der Waals surface area contributed by atoms with E-state index in [-0.39, 0.29) is 5.69 Å². The van der Waals surface area contributed by atoms with Crippen molar-refractivity contribution in [3.8, 4) is 0 Å². The van der Waals surface area contributed by atoms with Crippen molar-refractivity contribution in [3.05, 3.63) is 34.2 Å². The molecule has 0 aliphatic heterocycles. The van der Waals surface area contributed by atoms with Crippen LogP contribution in [0.2, 0.25) is 0 Å². The Morgan fingerprint density at radius 3 is 2.42 bits per heavy atom. The van der Waals surface area contributed by atoms with Crippen LogP contribution in [0, 0.1) is 6.92 Å². The van der Waals surface area contributed by atoms with Gasteiger partial charge in [-0.2, -0.15) is 0 Å². The Labute approximate surface area is 142 Å². The van der Waals surface area contributed by atoms with Crippen LogP contribution in [0.3, 0.4) is 0 Å². The second-order valence-corrected chi connectivity index (χ2v) is 7.95. The summed E-state index contributed by atoms with van der Waals surface area (Å²) < 4.78 is 1.73. The second kappa shape index (κ2) is 6.00. The van der Waals surface area contributed by atoms with E-state index >= 15 is 0 Å². The second-order valence-electron chi connectivity index (χ2n) is 7.95. The highest BCUT2D eigenvalue weighted by Gasteiger charge is 2.31. The quantitative estimate of drug-likeness (QED) is 0.898. The molecule has 0 unspecified atom stereocenters. The van der Waals surface area contributed by atoms with Gasteiger partial charge in [0.05, 0.1) is 11.0 Å². The van der Waals surface area contributed by atoms with Crippen LogP contribution < -0.4 is 5.69 Å². The van der Waals surface area contributed by atoms with E-state index in [0.29, 0.717) is 13.0 Å². The number of nitrogens with zero attached hydrogens (tertiary/aromatic N) is 2. The van der Waals surface area contributed by atoms with Crippen molar-refractivity contribution < 1.29 is 9.90 Å². The maximum atomic E-state index is 12.4. The minimum Gasteiger partial charge on any atom is -0.465 e. The SMILES string of the molecule is Cc1ccc2[nH]c(=O)n(C(C)(C)CCN(C(=O)O)C(C)(C)C)c2c1. The average molecular weight is 333 g/mol. The van der Waals surface area contributed by atoms with E-state index in [1.54, 1.807) is 4.57 Å². The molecule has 0 bridgehead atoms. The van der Waals surface area contributed by atoms with Gasteiger partial charge in [-0.3, -0.25) is 4.57 Å². The highest BCUT2D eigenvalue weighted by atomic mass is 16.4. The molecule has 1 heterocycles. The molecule has 2 aromatic rings. The first-order valence-corrected chi connectivity index (χ1v) is 8.16. The van der Waals surface area contributed by atoms with Gasteiger partial charge in [-0.1, -0.05) is 6.07 Å². The van der Waals surface area contributed by atoms with Crippen LogP contribution in [0.15, 0.2) is 23.0 Å². The number of nitrogens with one attached hydrogen (secondary N) is 1. The number of aromatic amines is 1. The highest BCUT2D eigenvalue weighted by Crippen LogP contribution is 2.26. The van der Waals surface area contributed by atoms with Gasteiger partial charge in [0.25, 0.3) is 0 Å². The van der Waals surface area contributed by atoms with Crippen molar-refractivity contribution >= 4 is 17.1 Å². The topological polar surface area (TPSA) is 78.3 Å². The summed E-state index contributed by atoms with van der Waals surface area (Å²) in [7, 11) is 0. The zero-order valence-electron chi connectivity index (χ0n) is 15.3. The first kappa shape index (κ1) is 18.1. The minimum absolute atomic E-state index is 0.168. The van der Waals surface area contributed by atoms with Gasteiger partial charge < -0.3 is 15.0 Å². The lowest BCUT2D eigenvalue weighted by molar-refractivity contribution is 0.0916. The number of hydrogen-bond donors (Lipinski definition) is 2. The highest BCUT2D eigenvalue weighted by molar-refractivity contribution is 5.76. The van der Waals surface area contributed by atoms with E-state index in [4.69, 9.17) is 0 Å². The third-order valence-corrected chi connectivity index (χ3v) is 4.43. The van der Waals surface area contributed by atoms with Crippen molar-refractivity contribution in [1.82, 2.24) is 14.5 Å². The van der Waals surface area contributed by atoms with Crippen LogP contribution in [0.1, 0.15) is 46.6 Å². The Morgan fingerprint density at radius 1 is 1.25 bits per heavy atom. The number of H-pyrrole nitrogens is 1. The van der Waals surface area contributed by atoms with Crippen molar-refractivity contribution in [1.29, 1.82) is 0 Å². The molecule has 0 saturated carbocycles. The zero-order chi connectivity index (χ0) is 18.3. The molecule has 2 rings (SSSR count). The van der Waals surface area contributed by atoms with Gasteiger partial charge in [0.2, 0.25) is 0 Å². The van der Waals surface area contributed by atoms with Gasteiger partial charge in [-0.15, -0.1) is 0 Å². The van der Waals surface area contributed by atoms with Crippen LogP contribution in [0.25, 0.3) is 11.0 Å². The summed E-state index contributed by atoms with van der Waals surface area (Å²) in [6, 6.07) is 5.84. The minimum atomic E-state index is -0.944. The Morgan fingerprint density at radius 2 is 1.88 bits per heavy atom. The molecule has 0 atom stereocenters. The molecule has 1 aromatic carbocycles. The number of rotatable bonds is 4. The monoisotopic (exact) mass is 333 g/mol. The summed E-state index contributed by atoms with van der Waals surface area (Å²) in [5.41, 5.74) is 1.56. The van der Waals surface area contributed by atoms with E-state index in [2.05, 4.69) is 4.98 Å². The van der Waals surface area contributed by atoms with E-state index in [1.807, 2.05) is 59.7 Å². The van der Waals surface area contributed by atoms with Crippen LogP contribution in [0.4, 0.5) is 4.79 Å². The Kier molecular flexibility index (Phi) is 4.52. The smallest absolute Gasteiger partial charge is 0.407 e. The van der Waals surface area contributed by atoms with Crippen LogP contribution >= 0.6 is 0 Å². The molecule has 0 aliphatic rings. The number of amides is 1. The lowest BCUT2D eigenvalue weighted by Gasteiger charge is -2.36. The first-order valence-electron chi connectivity index (χ1n) is 8.16. The summed E-state index contributed by atoms with van der Waals surface area (Å²) in [5.74, 6) is 0. The number of imidazole rings is 1. The molecule has 0 aliphatic carbocycles. The molecule has 1 amide bonds. The van der Waals surface area contributed by atoms with Gasteiger partial charge in [0, 0.05) is 17.6 Å². The predicted octanol–water partition coefficient (Wildman–Crippen LogP) is 3.54. The third kappa shape index (κ3) is 3.47. The third-order valence-electron chi connectivity index (χ3n) is 4.43. The fraction of sp³-hybridized carbons (Fsp3) is 0.556. The van der Waals surface area contributed by atoms with Crippen molar-refractivity contribution in [2.24, 2.45) is 0 Å². The largest absolute Gasteiger partial charge is 0.465 e. The molecule has 132 valence electrons. The van der Waals surface area contributed by atoms with Crippen LogP contribution in [0.5, 0.6) is 0 Å². The average Bonchev–Trinajstić information content (AvgIpc) is 2.72. The van der Waals surface area contributed by atoms with E-state index < -0.39 is 17.2 Å². The van der Waals surface area contributed by atoms with Crippen LogP contribution in [-0.2, 0) is 5.54 Å². The maximum absolute atomic E-state index is 12.4. The lowest BCUT2D eigenvalue weighted by Crippen LogP contribution is -2.47. The van der Waals surface area contributed by atoms with Gasteiger partial charge in [-0.25, -0.2) is 9.59 Å². The number of fused-ring (bicyclic) bond motifs is 1. The molecule has 0 radical (unpaired) electrons. The molecule has 24 heavy (non-hydrogen) atoms. The summed E-state index contributed by atoms with van der Waals surface area (Å²) in [5, 5.41) is 9.45. The number of aryl methyl sites for hydroxylation is 1. The maximum Gasteiger partial charge on any atom is 0.407 e. The van der Waals surface area contributed by atoms with Crippen molar-refractivity contribution in [3.63, 3.8) is 0 Å². The van der Waals surface area contributed by atoms with E-state index in [0.717, 1.165) is 16.6 Å². The van der Waals surface area contributed by atoms with Gasteiger partial charge in [0.15, 0.2) is 0 Å². The van der Waals surface area contributed by atoms with Crippen molar-refractivity contribution in [2.45, 2.75) is 59.0 Å². The predicted molar refractivity (Wildman–Crippen MR) is 95.7 cm³/mol. The fourth-order valence-corrected chi connectivity index (χ4v) is 3.03. The molecule has 0 spiro atoms. The molecule has 0 fully saturated rings. The molecule has 1 aromatic heterocycles. The van der Waals surface area contributed by atoms with E-state index in [1.165, 1.54) is 4.90 Å². The molecular formula is C18H27N3O3. The Hall–Kier alpha value is -2.24. The van der Waals surface area contributed by atoms with E-state index in [9.17, 15) is 14.7 Å². The summed E-state index contributed by atoms with van der Waals surface area (Å²) in [6.07, 6.45) is -0.405. The van der Waals surface area contributed by atoms with Crippen LogP contribution in [-0.4, -0.2) is 37.7 Å². The molecule has 2 N–H and O–H groups in total. The Balaban J connectivity index is 2.37. The fourth-order valence-electron chi connectivity index (χ4n) is 3.03. The molecule has 6 heteroatoms.